The van der Waals surface area contributed by atoms with Crippen LogP contribution in [0.1, 0.15) is 18.9 Å². The summed E-state index contributed by atoms with van der Waals surface area (Å²) in [5, 5.41) is 6.18. The maximum atomic E-state index is 5.46. The van der Waals surface area contributed by atoms with Crippen molar-refractivity contribution in [1.82, 2.24) is 10.3 Å². The highest BCUT2D eigenvalue weighted by atomic mass is 32.1. The minimum atomic E-state index is 0.500. The molecule has 0 unspecified atom stereocenters. The molecular formula is C7H13N3S. The van der Waals surface area contributed by atoms with Crippen LogP contribution in [0, 0.1) is 0 Å². The number of anilines is 1. The molecule has 0 fully saturated rings. The van der Waals surface area contributed by atoms with Crippen molar-refractivity contribution >= 4 is 17.2 Å². The van der Waals surface area contributed by atoms with Gasteiger partial charge in [0.15, 0.2) is 0 Å². The van der Waals surface area contributed by atoms with Gasteiger partial charge in [-0.1, -0.05) is 13.8 Å². The topological polar surface area (TPSA) is 50.9 Å². The normalized spacial score (nSPS) is 10.8. The Morgan fingerprint density at radius 2 is 2.45 bits per heavy atom. The average Bonchev–Trinajstić information content (AvgIpc) is 2.31. The van der Waals surface area contributed by atoms with Crippen LogP contribution in [0.3, 0.4) is 0 Å². The van der Waals surface area contributed by atoms with Crippen LogP contribution >= 0.6 is 11.3 Å². The summed E-state index contributed by atoms with van der Waals surface area (Å²) in [5.74, 6) is 0.621. The predicted molar refractivity (Wildman–Crippen MR) is 48.5 cm³/mol. The first kappa shape index (κ1) is 8.49. The molecule has 0 aromatic carbocycles. The summed E-state index contributed by atoms with van der Waals surface area (Å²) in [4.78, 5) is 4.12. The van der Waals surface area contributed by atoms with Gasteiger partial charge in [-0.25, -0.2) is 4.98 Å². The summed E-state index contributed by atoms with van der Waals surface area (Å²) in [7, 11) is 0. The molecule has 1 heterocycles. The van der Waals surface area contributed by atoms with E-state index in [9.17, 15) is 0 Å². The Morgan fingerprint density at radius 3 is 2.91 bits per heavy atom. The summed E-state index contributed by atoms with van der Waals surface area (Å²) < 4.78 is 0. The van der Waals surface area contributed by atoms with Crippen LogP contribution in [-0.2, 0) is 6.54 Å². The van der Waals surface area contributed by atoms with Gasteiger partial charge in [0.05, 0.1) is 0 Å². The maximum absolute atomic E-state index is 5.46. The zero-order chi connectivity index (χ0) is 8.27. The van der Waals surface area contributed by atoms with Crippen LogP contribution in [0.5, 0.6) is 0 Å². The minimum Gasteiger partial charge on any atom is -0.383 e. The molecule has 62 valence electrons. The monoisotopic (exact) mass is 171 g/mol. The quantitative estimate of drug-likeness (QED) is 0.719. The van der Waals surface area contributed by atoms with Gasteiger partial charge in [-0.15, -0.1) is 11.3 Å². The van der Waals surface area contributed by atoms with E-state index in [2.05, 4.69) is 24.1 Å². The molecule has 3 N–H and O–H groups in total. The lowest BCUT2D eigenvalue weighted by Gasteiger charge is -2.04. The van der Waals surface area contributed by atoms with Crippen LogP contribution in [0.25, 0.3) is 0 Å². The number of nitrogens with one attached hydrogen (secondary N) is 1. The molecule has 0 saturated carbocycles. The summed E-state index contributed by atoms with van der Waals surface area (Å²) in [6.07, 6.45) is 0. The minimum absolute atomic E-state index is 0.500. The molecule has 0 aliphatic carbocycles. The fraction of sp³-hybridized carbons (Fsp3) is 0.571. The van der Waals surface area contributed by atoms with Gasteiger partial charge in [0, 0.05) is 18.0 Å². The van der Waals surface area contributed by atoms with E-state index in [0.717, 1.165) is 11.6 Å². The zero-order valence-electron chi connectivity index (χ0n) is 6.79. The van der Waals surface area contributed by atoms with E-state index in [1.807, 2.05) is 5.38 Å². The highest BCUT2D eigenvalue weighted by Gasteiger charge is 1.98. The van der Waals surface area contributed by atoms with Crippen molar-refractivity contribution in [3.05, 3.63) is 10.4 Å². The summed E-state index contributed by atoms with van der Waals surface area (Å²) in [5.41, 5.74) is 5.46. The van der Waals surface area contributed by atoms with Crippen molar-refractivity contribution in [2.45, 2.75) is 26.4 Å². The number of hydrogen-bond donors (Lipinski definition) is 2. The molecule has 0 amide bonds. The molecule has 4 heteroatoms. The van der Waals surface area contributed by atoms with Crippen molar-refractivity contribution in [2.24, 2.45) is 0 Å². The number of aromatic nitrogens is 1. The molecule has 1 rings (SSSR count). The third-order valence-corrected chi connectivity index (χ3v) is 2.10. The molecule has 0 aliphatic rings. The Morgan fingerprint density at radius 1 is 1.73 bits per heavy atom. The van der Waals surface area contributed by atoms with Crippen molar-refractivity contribution < 1.29 is 0 Å². The van der Waals surface area contributed by atoms with Gasteiger partial charge in [0.1, 0.15) is 10.8 Å². The lowest BCUT2D eigenvalue weighted by atomic mass is 10.4. The fourth-order valence-electron chi connectivity index (χ4n) is 0.698. The number of nitrogen functional groups attached to an aromatic ring is 1. The maximum Gasteiger partial charge on any atom is 0.134 e. The van der Waals surface area contributed by atoms with Crippen molar-refractivity contribution in [2.75, 3.05) is 5.73 Å². The largest absolute Gasteiger partial charge is 0.383 e. The van der Waals surface area contributed by atoms with Gasteiger partial charge in [-0.05, 0) is 0 Å². The van der Waals surface area contributed by atoms with Gasteiger partial charge in [0.25, 0.3) is 0 Å². The summed E-state index contributed by atoms with van der Waals surface area (Å²) in [6, 6.07) is 0.500. The predicted octanol–water partition coefficient (Wildman–Crippen LogP) is 1.22. The van der Waals surface area contributed by atoms with Crippen LogP contribution in [-0.4, -0.2) is 11.0 Å². The second-order valence-electron chi connectivity index (χ2n) is 2.70. The number of rotatable bonds is 3. The molecule has 0 saturated heterocycles. The Hall–Kier alpha value is -0.610. The van der Waals surface area contributed by atoms with Gasteiger partial charge >= 0.3 is 0 Å². The second-order valence-corrected chi connectivity index (χ2v) is 3.64. The molecule has 1 aromatic rings. The third-order valence-electron chi connectivity index (χ3n) is 1.23. The molecule has 3 nitrogen and oxygen atoms in total. The number of nitrogens with two attached hydrogens (primary N) is 1. The second kappa shape index (κ2) is 3.69. The highest BCUT2D eigenvalue weighted by Crippen LogP contribution is 2.10. The highest BCUT2D eigenvalue weighted by molar-refractivity contribution is 7.09. The van der Waals surface area contributed by atoms with Gasteiger partial charge < -0.3 is 11.1 Å². The van der Waals surface area contributed by atoms with Gasteiger partial charge in [0.2, 0.25) is 0 Å². The van der Waals surface area contributed by atoms with Gasteiger partial charge in [-0.2, -0.15) is 0 Å². The Labute approximate surface area is 70.6 Å². The average molecular weight is 171 g/mol. The van der Waals surface area contributed by atoms with Crippen LogP contribution in [0.2, 0.25) is 0 Å². The first-order valence-electron chi connectivity index (χ1n) is 3.61. The molecule has 0 aliphatic heterocycles. The van der Waals surface area contributed by atoms with Crippen molar-refractivity contribution in [3.63, 3.8) is 0 Å². The molecular weight excluding hydrogens is 158 g/mol. The SMILES string of the molecule is CC(C)NCc1nc(N)cs1. The zero-order valence-corrected chi connectivity index (χ0v) is 7.61. The Kier molecular flexibility index (Phi) is 2.84. The smallest absolute Gasteiger partial charge is 0.134 e. The van der Waals surface area contributed by atoms with E-state index in [1.165, 1.54) is 0 Å². The molecule has 11 heavy (non-hydrogen) atoms. The molecule has 1 aromatic heterocycles. The molecule has 0 atom stereocenters. The number of nitrogens with zero attached hydrogens (tertiary/aromatic N) is 1. The lowest BCUT2D eigenvalue weighted by molar-refractivity contribution is 0.587. The molecule has 0 radical (unpaired) electrons. The van der Waals surface area contributed by atoms with Crippen LogP contribution in [0.15, 0.2) is 5.38 Å². The van der Waals surface area contributed by atoms with E-state index in [-0.39, 0.29) is 0 Å². The Balaban J connectivity index is 2.39. The van der Waals surface area contributed by atoms with E-state index in [1.54, 1.807) is 11.3 Å². The van der Waals surface area contributed by atoms with E-state index in [0.29, 0.717) is 11.9 Å². The number of thiazole rings is 1. The third kappa shape index (κ3) is 2.86. The molecule has 0 bridgehead atoms. The van der Waals surface area contributed by atoms with Gasteiger partial charge in [-0.3, -0.25) is 0 Å². The van der Waals surface area contributed by atoms with E-state index < -0.39 is 0 Å². The molecule has 0 spiro atoms. The van der Waals surface area contributed by atoms with E-state index >= 15 is 0 Å². The van der Waals surface area contributed by atoms with Crippen molar-refractivity contribution in [3.8, 4) is 0 Å². The first-order chi connectivity index (χ1) is 5.18. The standard InChI is InChI=1S/C7H13N3S/c1-5(2)9-3-7-10-6(8)4-11-7/h4-5,9H,3,8H2,1-2H3. The van der Waals surface area contributed by atoms with Crippen molar-refractivity contribution in [1.29, 1.82) is 0 Å². The Bertz CT molecular complexity index is 219. The fourth-order valence-corrected chi connectivity index (χ4v) is 1.33. The van der Waals surface area contributed by atoms with Crippen LogP contribution < -0.4 is 11.1 Å². The van der Waals surface area contributed by atoms with Crippen LogP contribution in [0.4, 0.5) is 5.82 Å². The lowest BCUT2D eigenvalue weighted by Crippen LogP contribution is -2.21. The summed E-state index contributed by atoms with van der Waals surface area (Å²) in [6.45, 7) is 5.04. The van der Waals surface area contributed by atoms with E-state index in [4.69, 9.17) is 5.73 Å². The number of hydrogen-bond acceptors (Lipinski definition) is 4. The first-order valence-corrected chi connectivity index (χ1v) is 4.49. The summed E-state index contributed by atoms with van der Waals surface area (Å²) >= 11 is 1.59.